The van der Waals surface area contributed by atoms with Crippen molar-refractivity contribution in [1.29, 1.82) is 0 Å². The molecule has 0 aliphatic rings. The first-order valence-electron chi connectivity index (χ1n) is 6.88. The molecular weight excluding hydrogens is 286 g/mol. The van der Waals surface area contributed by atoms with Gasteiger partial charge in [0.2, 0.25) is 0 Å². The maximum absolute atomic E-state index is 6.20. The average molecular weight is 306 g/mol. The lowest BCUT2D eigenvalue weighted by Crippen LogP contribution is -2.18. The summed E-state index contributed by atoms with van der Waals surface area (Å²) in [5.74, 6) is 0.966. The van der Waals surface area contributed by atoms with Crippen LogP contribution >= 0.6 is 23.4 Å². The van der Waals surface area contributed by atoms with Crippen molar-refractivity contribution in [2.24, 2.45) is 0 Å². The number of halogens is 1. The van der Waals surface area contributed by atoms with Gasteiger partial charge in [-0.25, -0.2) is 0 Å². The molecule has 1 N–H and O–H groups in total. The largest absolute Gasteiger partial charge is 0.312 e. The van der Waals surface area contributed by atoms with E-state index in [0.717, 1.165) is 22.1 Å². The maximum atomic E-state index is 6.20. The first kappa shape index (κ1) is 15.4. The third-order valence-electron chi connectivity index (χ3n) is 3.35. The Bertz CT molecular complexity index is 556. The molecule has 2 aromatic carbocycles. The van der Waals surface area contributed by atoms with Gasteiger partial charge in [-0.1, -0.05) is 54.9 Å². The maximum Gasteiger partial charge on any atom is 0.0541 e. The molecule has 0 saturated carbocycles. The highest BCUT2D eigenvalue weighted by atomic mass is 35.5. The summed E-state index contributed by atoms with van der Waals surface area (Å²) in [6.45, 7) is 2.19. The van der Waals surface area contributed by atoms with Crippen LogP contribution in [0.25, 0.3) is 0 Å². The van der Waals surface area contributed by atoms with Crippen LogP contribution in [0.1, 0.15) is 24.1 Å². The Morgan fingerprint density at radius 2 is 1.95 bits per heavy atom. The molecule has 0 radical (unpaired) electrons. The van der Waals surface area contributed by atoms with Gasteiger partial charge in [-0.15, -0.1) is 11.8 Å². The molecule has 0 amide bonds. The standard InChI is InChI=1S/C17H20ClNS/c1-3-13-7-6-8-14(11-13)16(19-2)12-20-17-10-5-4-9-15(17)18/h4-11,16,19H,3,12H2,1-2H3. The number of aryl methyl sites for hydroxylation is 1. The Balaban J connectivity index is 2.07. The molecule has 106 valence electrons. The molecule has 0 saturated heterocycles. The summed E-state index contributed by atoms with van der Waals surface area (Å²) < 4.78 is 0. The van der Waals surface area contributed by atoms with E-state index in [9.17, 15) is 0 Å². The van der Waals surface area contributed by atoms with E-state index in [0.29, 0.717) is 6.04 Å². The molecule has 1 unspecified atom stereocenters. The summed E-state index contributed by atoms with van der Waals surface area (Å²) in [5, 5.41) is 4.22. The highest BCUT2D eigenvalue weighted by Crippen LogP contribution is 2.30. The van der Waals surface area contributed by atoms with Gasteiger partial charge >= 0.3 is 0 Å². The molecule has 1 nitrogen and oxygen atoms in total. The van der Waals surface area contributed by atoms with Gasteiger partial charge < -0.3 is 5.32 Å². The Morgan fingerprint density at radius 1 is 1.15 bits per heavy atom. The first-order chi connectivity index (χ1) is 9.74. The minimum Gasteiger partial charge on any atom is -0.312 e. The van der Waals surface area contributed by atoms with Crippen molar-refractivity contribution in [3.8, 4) is 0 Å². The average Bonchev–Trinajstić information content (AvgIpc) is 2.50. The quantitative estimate of drug-likeness (QED) is 0.757. The van der Waals surface area contributed by atoms with Crippen molar-refractivity contribution in [3.05, 3.63) is 64.7 Å². The van der Waals surface area contributed by atoms with Crippen LogP contribution in [0.3, 0.4) is 0 Å². The normalized spacial score (nSPS) is 12.3. The van der Waals surface area contributed by atoms with Crippen LogP contribution in [0.2, 0.25) is 5.02 Å². The lowest BCUT2D eigenvalue weighted by Gasteiger charge is -2.17. The van der Waals surface area contributed by atoms with Gasteiger partial charge in [-0.2, -0.15) is 0 Å². The van der Waals surface area contributed by atoms with Crippen molar-refractivity contribution < 1.29 is 0 Å². The fourth-order valence-electron chi connectivity index (χ4n) is 2.11. The van der Waals surface area contributed by atoms with Gasteiger partial charge in [0, 0.05) is 16.7 Å². The minimum absolute atomic E-state index is 0.336. The predicted octanol–water partition coefficient (Wildman–Crippen LogP) is 4.96. The molecule has 3 heteroatoms. The molecule has 1 atom stereocenters. The minimum atomic E-state index is 0.336. The van der Waals surface area contributed by atoms with Crippen LogP contribution in [-0.2, 0) is 6.42 Å². The van der Waals surface area contributed by atoms with Gasteiger partial charge in [0.1, 0.15) is 0 Å². The van der Waals surface area contributed by atoms with Gasteiger partial charge in [-0.05, 0) is 36.7 Å². The zero-order valence-electron chi connectivity index (χ0n) is 11.9. The zero-order valence-corrected chi connectivity index (χ0v) is 13.5. The lowest BCUT2D eigenvalue weighted by molar-refractivity contribution is 0.661. The molecule has 0 heterocycles. The summed E-state index contributed by atoms with van der Waals surface area (Å²) >= 11 is 8.00. The third kappa shape index (κ3) is 4.02. The SMILES string of the molecule is CCc1cccc(C(CSc2ccccc2Cl)NC)c1. The van der Waals surface area contributed by atoms with Gasteiger partial charge in [0.25, 0.3) is 0 Å². The topological polar surface area (TPSA) is 12.0 Å². The number of benzene rings is 2. The van der Waals surface area contributed by atoms with Crippen LogP contribution in [-0.4, -0.2) is 12.8 Å². The summed E-state index contributed by atoms with van der Waals surface area (Å²) in [5.41, 5.74) is 2.72. The molecule has 0 bridgehead atoms. The van der Waals surface area contributed by atoms with E-state index in [4.69, 9.17) is 11.6 Å². The summed E-state index contributed by atoms with van der Waals surface area (Å²) in [6.07, 6.45) is 1.07. The van der Waals surface area contributed by atoms with Crippen LogP contribution in [0.4, 0.5) is 0 Å². The van der Waals surface area contributed by atoms with Crippen molar-refractivity contribution in [1.82, 2.24) is 5.32 Å². The highest BCUT2D eigenvalue weighted by molar-refractivity contribution is 7.99. The van der Waals surface area contributed by atoms with Gasteiger partial charge in [-0.3, -0.25) is 0 Å². The Labute approximate surface area is 130 Å². The smallest absolute Gasteiger partial charge is 0.0541 e. The second-order valence-corrected chi connectivity index (χ2v) is 6.15. The number of nitrogens with one attached hydrogen (secondary N) is 1. The molecule has 0 fully saturated rings. The summed E-state index contributed by atoms with van der Waals surface area (Å²) in [6, 6.07) is 17.1. The van der Waals surface area contributed by atoms with E-state index >= 15 is 0 Å². The van der Waals surface area contributed by atoms with E-state index in [1.807, 2.05) is 25.2 Å². The molecular formula is C17H20ClNS. The molecule has 0 aliphatic heterocycles. The van der Waals surface area contributed by atoms with E-state index < -0.39 is 0 Å². The second-order valence-electron chi connectivity index (χ2n) is 4.68. The number of hydrogen-bond acceptors (Lipinski definition) is 2. The molecule has 0 aliphatic carbocycles. The fourth-order valence-corrected chi connectivity index (χ4v) is 3.50. The Hall–Kier alpha value is -0.960. The summed E-state index contributed by atoms with van der Waals surface area (Å²) in [7, 11) is 2.01. The van der Waals surface area contributed by atoms with Crippen molar-refractivity contribution >= 4 is 23.4 Å². The second kappa shape index (κ2) is 7.72. The highest BCUT2D eigenvalue weighted by Gasteiger charge is 2.11. The van der Waals surface area contributed by atoms with Crippen molar-refractivity contribution in [3.63, 3.8) is 0 Å². The number of rotatable bonds is 6. The first-order valence-corrected chi connectivity index (χ1v) is 8.24. The molecule has 2 rings (SSSR count). The lowest BCUT2D eigenvalue weighted by atomic mass is 10.0. The monoisotopic (exact) mass is 305 g/mol. The number of thioether (sulfide) groups is 1. The Kier molecular flexibility index (Phi) is 5.96. The van der Waals surface area contributed by atoms with Crippen LogP contribution in [0.5, 0.6) is 0 Å². The van der Waals surface area contributed by atoms with E-state index in [2.05, 4.69) is 42.6 Å². The third-order valence-corrected chi connectivity index (χ3v) is 4.96. The summed E-state index contributed by atoms with van der Waals surface area (Å²) in [4.78, 5) is 1.14. The Morgan fingerprint density at radius 3 is 2.65 bits per heavy atom. The van der Waals surface area contributed by atoms with Gasteiger partial charge in [0.15, 0.2) is 0 Å². The van der Waals surface area contributed by atoms with Crippen LogP contribution < -0.4 is 5.32 Å². The van der Waals surface area contributed by atoms with Crippen molar-refractivity contribution in [2.45, 2.75) is 24.3 Å². The van der Waals surface area contributed by atoms with E-state index in [1.165, 1.54) is 11.1 Å². The van der Waals surface area contributed by atoms with E-state index in [-0.39, 0.29) is 0 Å². The zero-order chi connectivity index (χ0) is 14.4. The molecule has 2 aromatic rings. The van der Waals surface area contributed by atoms with Gasteiger partial charge in [0.05, 0.1) is 5.02 Å². The van der Waals surface area contributed by atoms with Crippen LogP contribution in [0, 0.1) is 0 Å². The predicted molar refractivity (Wildman–Crippen MR) is 89.8 cm³/mol. The molecule has 0 aromatic heterocycles. The molecule has 20 heavy (non-hydrogen) atoms. The molecule has 0 spiro atoms. The number of hydrogen-bond donors (Lipinski definition) is 1. The fraction of sp³-hybridized carbons (Fsp3) is 0.294. The van der Waals surface area contributed by atoms with E-state index in [1.54, 1.807) is 11.8 Å². The van der Waals surface area contributed by atoms with Crippen LogP contribution in [0.15, 0.2) is 53.4 Å². The van der Waals surface area contributed by atoms with Crippen molar-refractivity contribution in [2.75, 3.05) is 12.8 Å².